The van der Waals surface area contributed by atoms with Gasteiger partial charge < -0.3 is 14.6 Å². The van der Waals surface area contributed by atoms with Crippen LogP contribution in [0.15, 0.2) is 4.47 Å². The normalized spacial score (nSPS) is 13.2. The molecule has 1 unspecified atom stereocenters. The van der Waals surface area contributed by atoms with Crippen molar-refractivity contribution >= 4 is 15.9 Å². The van der Waals surface area contributed by atoms with E-state index in [9.17, 15) is 5.11 Å². The quantitative estimate of drug-likeness (QED) is 0.739. The maximum absolute atomic E-state index is 10.2. The lowest BCUT2D eigenvalue weighted by molar-refractivity contribution is -0.189. The second-order valence-electron chi connectivity index (χ2n) is 4.24. The van der Waals surface area contributed by atoms with Crippen LogP contribution in [0.4, 0.5) is 0 Å². The fourth-order valence-corrected chi connectivity index (χ4v) is 2.71. The Bertz CT molecular complexity index is 389. The van der Waals surface area contributed by atoms with E-state index in [-0.39, 0.29) is 0 Å². The number of nitrogens with zero attached hydrogens (tertiary/aromatic N) is 2. The van der Waals surface area contributed by atoms with Crippen molar-refractivity contribution in [2.45, 2.75) is 46.0 Å². The summed E-state index contributed by atoms with van der Waals surface area (Å²) in [6.45, 7) is 6.83. The molecule has 0 aromatic carbocycles. The first-order valence-electron chi connectivity index (χ1n) is 6.66. The first-order chi connectivity index (χ1) is 9.04. The van der Waals surface area contributed by atoms with Crippen LogP contribution in [0, 0.1) is 0 Å². The summed E-state index contributed by atoms with van der Waals surface area (Å²) >= 11 is 3.54. The largest absolute Gasteiger partial charge is 0.387 e. The first-order valence-corrected chi connectivity index (χ1v) is 7.45. The van der Waals surface area contributed by atoms with Crippen LogP contribution >= 0.6 is 15.9 Å². The summed E-state index contributed by atoms with van der Waals surface area (Å²) in [4.78, 5) is 0. The van der Waals surface area contributed by atoms with E-state index in [0.717, 1.165) is 22.3 Å². The number of ether oxygens (including phenoxy) is 2. The van der Waals surface area contributed by atoms with Gasteiger partial charge >= 0.3 is 0 Å². The second-order valence-corrected chi connectivity index (χ2v) is 5.03. The molecule has 6 heteroatoms. The summed E-state index contributed by atoms with van der Waals surface area (Å²) in [6, 6.07) is 0. The maximum Gasteiger partial charge on any atom is 0.183 e. The molecule has 0 saturated heterocycles. The van der Waals surface area contributed by atoms with E-state index in [1.54, 1.807) is 4.68 Å². The molecule has 0 amide bonds. The first kappa shape index (κ1) is 16.6. The van der Waals surface area contributed by atoms with Crippen LogP contribution in [0.1, 0.15) is 32.2 Å². The fraction of sp³-hybridized carbons (Fsp3) is 0.769. The van der Waals surface area contributed by atoms with Crippen molar-refractivity contribution in [1.29, 1.82) is 0 Å². The van der Waals surface area contributed by atoms with Crippen molar-refractivity contribution in [1.82, 2.24) is 9.78 Å². The Hall–Kier alpha value is -0.430. The maximum atomic E-state index is 10.2. The van der Waals surface area contributed by atoms with E-state index in [1.165, 1.54) is 0 Å². The number of halogens is 1. The van der Waals surface area contributed by atoms with E-state index in [1.807, 2.05) is 20.9 Å². The van der Waals surface area contributed by atoms with Gasteiger partial charge in [-0.15, -0.1) is 0 Å². The molecular formula is C13H23BrN2O3. The molecule has 1 heterocycles. The van der Waals surface area contributed by atoms with Crippen LogP contribution in [-0.2, 0) is 29.4 Å². The lowest BCUT2D eigenvalue weighted by Crippen LogP contribution is -2.34. The van der Waals surface area contributed by atoms with Gasteiger partial charge in [0.25, 0.3) is 0 Å². The third-order valence-electron chi connectivity index (χ3n) is 2.88. The summed E-state index contributed by atoms with van der Waals surface area (Å²) in [5.74, 6) is 0. The zero-order valence-electron chi connectivity index (χ0n) is 12.0. The lowest BCUT2D eigenvalue weighted by atomic mass is 10.1. The van der Waals surface area contributed by atoms with Gasteiger partial charge in [-0.3, -0.25) is 4.68 Å². The molecule has 110 valence electrons. The highest BCUT2D eigenvalue weighted by Gasteiger charge is 2.24. The van der Waals surface area contributed by atoms with Crippen LogP contribution in [0.3, 0.4) is 0 Å². The van der Waals surface area contributed by atoms with Crippen molar-refractivity contribution in [3.63, 3.8) is 0 Å². The lowest BCUT2D eigenvalue weighted by Gasteiger charge is -2.22. The summed E-state index contributed by atoms with van der Waals surface area (Å²) in [5, 5.41) is 14.7. The van der Waals surface area contributed by atoms with E-state index in [4.69, 9.17) is 9.47 Å². The molecule has 1 aromatic heterocycles. The van der Waals surface area contributed by atoms with Gasteiger partial charge in [-0.1, -0.05) is 6.92 Å². The van der Waals surface area contributed by atoms with Gasteiger partial charge in [0.15, 0.2) is 6.29 Å². The van der Waals surface area contributed by atoms with Crippen LogP contribution < -0.4 is 0 Å². The number of aryl methyl sites for hydroxylation is 2. The topological polar surface area (TPSA) is 56.5 Å². The van der Waals surface area contributed by atoms with Crippen molar-refractivity contribution in [3.05, 3.63) is 15.9 Å². The zero-order valence-corrected chi connectivity index (χ0v) is 13.6. The number of hydrogen-bond acceptors (Lipinski definition) is 4. The average Bonchev–Trinajstić information content (AvgIpc) is 2.65. The SMILES string of the molecule is CCOC(OCC)C(O)Cc1c(Br)c(CC)nn1C. The van der Waals surface area contributed by atoms with Crippen LogP contribution in [0.5, 0.6) is 0 Å². The number of aromatic nitrogens is 2. The fourth-order valence-electron chi connectivity index (χ4n) is 1.93. The Kier molecular flexibility index (Phi) is 6.99. The van der Waals surface area contributed by atoms with Crippen LogP contribution in [0.2, 0.25) is 0 Å². The minimum absolute atomic E-state index is 0.439. The second kappa shape index (κ2) is 7.99. The third kappa shape index (κ3) is 4.27. The number of aliphatic hydroxyl groups excluding tert-OH is 1. The molecule has 1 atom stereocenters. The number of rotatable bonds is 8. The molecule has 1 N–H and O–H groups in total. The highest BCUT2D eigenvalue weighted by Crippen LogP contribution is 2.23. The Labute approximate surface area is 123 Å². The molecule has 0 aliphatic rings. The van der Waals surface area contributed by atoms with Crippen molar-refractivity contribution in [2.75, 3.05) is 13.2 Å². The van der Waals surface area contributed by atoms with Gasteiger partial charge in [0.05, 0.1) is 15.9 Å². The summed E-state index contributed by atoms with van der Waals surface area (Å²) < 4.78 is 13.6. The molecule has 5 nitrogen and oxygen atoms in total. The van der Waals surface area contributed by atoms with Gasteiger partial charge in [-0.2, -0.15) is 5.10 Å². The van der Waals surface area contributed by atoms with Gasteiger partial charge in [0.2, 0.25) is 0 Å². The molecule has 1 aromatic rings. The standard InChI is InChI=1S/C13H23BrN2O3/c1-5-9-12(14)10(16(4)15-9)8-11(17)13(18-6-2)19-7-3/h11,13,17H,5-8H2,1-4H3. The highest BCUT2D eigenvalue weighted by atomic mass is 79.9. The average molecular weight is 335 g/mol. The van der Waals surface area contributed by atoms with Crippen LogP contribution in [-0.4, -0.2) is 40.5 Å². The van der Waals surface area contributed by atoms with Gasteiger partial charge in [0.1, 0.15) is 6.10 Å². The highest BCUT2D eigenvalue weighted by molar-refractivity contribution is 9.10. The molecule has 0 spiro atoms. The minimum Gasteiger partial charge on any atom is -0.387 e. The predicted octanol–water partition coefficient (Wildman–Crippen LogP) is 2.05. The molecular weight excluding hydrogens is 312 g/mol. The molecule has 0 aliphatic heterocycles. The molecule has 0 bridgehead atoms. The number of aliphatic hydroxyl groups is 1. The molecule has 19 heavy (non-hydrogen) atoms. The molecule has 1 rings (SSSR count). The van der Waals surface area contributed by atoms with Crippen molar-refractivity contribution < 1.29 is 14.6 Å². The van der Waals surface area contributed by atoms with Gasteiger partial charge in [0, 0.05) is 26.7 Å². The molecule has 0 aliphatic carbocycles. The number of hydrogen-bond donors (Lipinski definition) is 1. The molecule has 0 radical (unpaired) electrons. The van der Waals surface area contributed by atoms with E-state index >= 15 is 0 Å². The third-order valence-corrected chi connectivity index (χ3v) is 3.80. The smallest absolute Gasteiger partial charge is 0.183 e. The van der Waals surface area contributed by atoms with Crippen molar-refractivity contribution in [2.24, 2.45) is 7.05 Å². The van der Waals surface area contributed by atoms with E-state index < -0.39 is 12.4 Å². The van der Waals surface area contributed by atoms with Crippen molar-refractivity contribution in [3.8, 4) is 0 Å². The van der Waals surface area contributed by atoms with Gasteiger partial charge in [-0.05, 0) is 36.2 Å². The summed E-state index contributed by atoms with van der Waals surface area (Å²) in [5.41, 5.74) is 1.95. The predicted molar refractivity (Wildman–Crippen MR) is 77.0 cm³/mol. The Morgan fingerprint density at radius 2 is 1.84 bits per heavy atom. The Morgan fingerprint density at radius 3 is 2.26 bits per heavy atom. The van der Waals surface area contributed by atoms with E-state index in [2.05, 4.69) is 28.0 Å². The zero-order chi connectivity index (χ0) is 14.4. The Balaban J connectivity index is 2.79. The van der Waals surface area contributed by atoms with Gasteiger partial charge in [-0.25, -0.2) is 0 Å². The molecule has 0 saturated carbocycles. The van der Waals surface area contributed by atoms with Crippen LogP contribution in [0.25, 0.3) is 0 Å². The summed E-state index contributed by atoms with van der Waals surface area (Å²) in [7, 11) is 1.88. The van der Waals surface area contributed by atoms with E-state index in [0.29, 0.717) is 19.6 Å². The Morgan fingerprint density at radius 1 is 1.26 bits per heavy atom. The molecule has 0 fully saturated rings. The monoisotopic (exact) mass is 334 g/mol. The summed E-state index contributed by atoms with van der Waals surface area (Å²) in [6.07, 6.45) is -0.0160. The minimum atomic E-state index is -0.712.